The fourth-order valence-electron chi connectivity index (χ4n) is 1.21. The second-order valence-corrected chi connectivity index (χ2v) is 4.15. The van der Waals surface area contributed by atoms with Crippen molar-refractivity contribution < 1.29 is 22.3 Å². The number of carbonyl (C=O) groups is 1. The van der Waals surface area contributed by atoms with Crippen molar-refractivity contribution in [2.24, 2.45) is 0 Å². The molecule has 6 heteroatoms. The van der Waals surface area contributed by atoms with Crippen molar-refractivity contribution in [2.45, 2.75) is 12.2 Å². The molecule has 0 bridgehead atoms. The van der Waals surface area contributed by atoms with E-state index in [2.05, 4.69) is 4.74 Å². The Morgan fingerprint density at radius 3 is 2.62 bits per heavy atom. The summed E-state index contributed by atoms with van der Waals surface area (Å²) in [5, 5.41) is 0. The van der Waals surface area contributed by atoms with Gasteiger partial charge in [0, 0.05) is 5.56 Å². The van der Waals surface area contributed by atoms with Crippen LogP contribution in [0.1, 0.15) is 11.1 Å². The van der Waals surface area contributed by atoms with Crippen LogP contribution < -0.4 is 0 Å². The number of halogens is 1. The Labute approximate surface area is 94.0 Å². The molecule has 0 aromatic heterocycles. The lowest BCUT2D eigenvalue weighted by molar-refractivity contribution is -0.139. The smallest absolute Gasteiger partial charge is 0.309 e. The minimum Gasteiger partial charge on any atom is -0.469 e. The van der Waals surface area contributed by atoms with Crippen molar-refractivity contribution in [3.05, 3.63) is 35.1 Å². The van der Waals surface area contributed by atoms with Gasteiger partial charge in [-0.15, -0.1) is 0 Å². The van der Waals surface area contributed by atoms with Crippen LogP contribution in [0.4, 0.5) is 4.39 Å². The number of rotatable bonds is 4. The van der Waals surface area contributed by atoms with Crippen molar-refractivity contribution in [2.75, 3.05) is 7.11 Å². The van der Waals surface area contributed by atoms with Gasteiger partial charge in [0.05, 0.1) is 19.3 Å². The number of methoxy groups -OCH3 is 1. The molecule has 16 heavy (non-hydrogen) atoms. The minimum atomic E-state index is -2.65. The van der Waals surface area contributed by atoms with E-state index in [-0.39, 0.29) is 17.7 Å². The van der Waals surface area contributed by atoms with E-state index in [0.29, 0.717) is 5.56 Å². The molecule has 0 fully saturated rings. The van der Waals surface area contributed by atoms with Gasteiger partial charge in [0.1, 0.15) is 16.5 Å². The number of benzene rings is 1. The zero-order chi connectivity index (χ0) is 12.1. The predicted molar refractivity (Wildman–Crippen MR) is 56.1 cm³/mol. The van der Waals surface area contributed by atoms with Crippen LogP contribution in [-0.2, 0) is 32.4 Å². The number of carbonyl (C=O) groups excluding carboxylic acids is 1. The lowest BCUT2D eigenvalue weighted by Gasteiger charge is -2.03. The van der Waals surface area contributed by atoms with Gasteiger partial charge < -0.3 is 4.74 Å². The predicted octanol–water partition coefficient (Wildman–Crippen LogP) is 0.653. The van der Waals surface area contributed by atoms with Gasteiger partial charge in [-0.25, -0.2) is 12.8 Å². The standard InChI is InChI=1S/C10H11FO4S/c1-15-10(12)5-7-2-3-8(6-16(13)14)9(11)4-7/h2-4,16H,5-6H2,1H3. The number of hydrogen-bond acceptors (Lipinski definition) is 4. The summed E-state index contributed by atoms with van der Waals surface area (Å²) in [5.41, 5.74) is 0.555. The van der Waals surface area contributed by atoms with Gasteiger partial charge in [-0.2, -0.15) is 0 Å². The Morgan fingerprint density at radius 1 is 1.44 bits per heavy atom. The Kier molecular flexibility index (Phi) is 4.42. The maximum atomic E-state index is 13.3. The van der Waals surface area contributed by atoms with Gasteiger partial charge in [0.25, 0.3) is 0 Å². The Bertz CT molecular complexity index is 460. The van der Waals surface area contributed by atoms with E-state index in [4.69, 9.17) is 0 Å². The highest BCUT2D eigenvalue weighted by atomic mass is 32.2. The lowest BCUT2D eigenvalue weighted by atomic mass is 10.1. The van der Waals surface area contributed by atoms with Gasteiger partial charge >= 0.3 is 5.97 Å². The third-order valence-corrected chi connectivity index (χ3v) is 2.59. The first-order valence-corrected chi connectivity index (χ1v) is 5.85. The fourth-order valence-corrected chi connectivity index (χ4v) is 1.74. The summed E-state index contributed by atoms with van der Waals surface area (Å²) in [6.07, 6.45) is -0.0305. The maximum Gasteiger partial charge on any atom is 0.309 e. The van der Waals surface area contributed by atoms with Crippen LogP contribution in [0.15, 0.2) is 18.2 Å². The molecule has 0 amide bonds. The highest BCUT2D eigenvalue weighted by molar-refractivity contribution is 7.71. The van der Waals surface area contributed by atoms with Crippen LogP contribution in [-0.4, -0.2) is 21.5 Å². The molecule has 0 saturated heterocycles. The molecule has 0 unspecified atom stereocenters. The highest BCUT2D eigenvalue weighted by Crippen LogP contribution is 2.12. The molecule has 1 rings (SSSR count). The van der Waals surface area contributed by atoms with Crippen LogP contribution >= 0.6 is 0 Å². The first-order valence-electron chi connectivity index (χ1n) is 4.49. The Hall–Kier alpha value is -1.43. The van der Waals surface area contributed by atoms with Crippen LogP contribution in [0, 0.1) is 5.82 Å². The quantitative estimate of drug-likeness (QED) is 0.626. The van der Waals surface area contributed by atoms with E-state index in [9.17, 15) is 17.6 Å². The summed E-state index contributed by atoms with van der Waals surface area (Å²) in [6.45, 7) is 0. The second-order valence-electron chi connectivity index (χ2n) is 3.17. The van der Waals surface area contributed by atoms with Gasteiger partial charge in [-0.05, 0) is 11.6 Å². The zero-order valence-corrected chi connectivity index (χ0v) is 9.50. The van der Waals surface area contributed by atoms with Gasteiger partial charge in [0.2, 0.25) is 0 Å². The van der Waals surface area contributed by atoms with E-state index in [1.54, 1.807) is 0 Å². The van der Waals surface area contributed by atoms with E-state index in [1.807, 2.05) is 0 Å². The minimum absolute atomic E-state index is 0.0305. The number of esters is 1. The number of thiol groups is 1. The molecule has 0 saturated carbocycles. The van der Waals surface area contributed by atoms with Gasteiger partial charge in [-0.1, -0.05) is 12.1 Å². The molecule has 0 aliphatic rings. The average molecular weight is 246 g/mol. The summed E-state index contributed by atoms with van der Waals surface area (Å²) in [5.74, 6) is -1.43. The average Bonchev–Trinajstić information content (AvgIpc) is 2.21. The monoisotopic (exact) mass is 246 g/mol. The molecule has 1 aromatic rings. The van der Waals surface area contributed by atoms with E-state index in [1.165, 1.54) is 19.2 Å². The first kappa shape index (κ1) is 12.6. The zero-order valence-electron chi connectivity index (χ0n) is 8.60. The molecule has 1 aromatic carbocycles. The third kappa shape index (κ3) is 3.62. The van der Waals surface area contributed by atoms with Crippen molar-refractivity contribution in [3.63, 3.8) is 0 Å². The van der Waals surface area contributed by atoms with Gasteiger partial charge in [-0.3, -0.25) is 4.79 Å². The summed E-state index contributed by atoms with van der Waals surface area (Å²) >= 11 is 0. The van der Waals surface area contributed by atoms with E-state index in [0.717, 1.165) is 6.07 Å². The van der Waals surface area contributed by atoms with Crippen LogP contribution in [0.2, 0.25) is 0 Å². The Balaban J connectivity index is 2.86. The van der Waals surface area contributed by atoms with Crippen molar-refractivity contribution in [1.82, 2.24) is 0 Å². The molecule has 0 atom stereocenters. The topological polar surface area (TPSA) is 60.4 Å². The molecule has 4 nitrogen and oxygen atoms in total. The first-order chi connectivity index (χ1) is 7.52. The molecule has 0 radical (unpaired) electrons. The largest absolute Gasteiger partial charge is 0.469 e. The van der Waals surface area contributed by atoms with E-state index < -0.39 is 22.5 Å². The highest BCUT2D eigenvalue weighted by Gasteiger charge is 2.07. The molecule has 0 aliphatic heterocycles. The van der Waals surface area contributed by atoms with E-state index >= 15 is 0 Å². The summed E-state index contributed by atoms with van der Waals surface area (Å²) in [6, 6.07) is 4.01. The molecular weight excluding hydrogens is 235 g/mol. The Morgan fingerprint density at radius 2 is 2.12 bits per heavy atom. The summed E-state index contributed by atoms with van der Waals surface area (Å²) in [7, 11) is -1.41. The van der Waals surface area contributed by atoms with Crippen LogP contribution in [0.25, 0.3) is 0 Å². The number of ether oxygens (including phenoxy) is 1. The molecule has 0 N–H and O–H groups in total. The molecule has 88 valence electrons. The summed E-state index contributed by atoms with van der Waals surface area (Å²) < 4.78 is 38.6. The lowest BCUT2D eigenvalue weighted by Crippen LogP contribution is -2.05. The van der Waals surface area contributed by atoms with Crippen molar-refractivity contribution in [1.29, 1.82) is 0 Å². The molecule has 0 heterocycles. The van der Waals surface area contributed by atoms with Crippen LogP contribution in [0.5, 0.6) is 0 Å². The van der Waals surface area contributed by atoms with Crippen molar-refractivity contribution in [3.8, 4) is 0 Å². The normalized spacial score (nSPS) is 10.4. The third-order valence-electron chi connectivity index (χ3n) is 1.99. The molecule has 0 spiro atoms. The van der Waals surface area contributed by atoms with Gasteiger partial charge in [0.15, 0.2) is 0 Å². The number of hydrogen-bond donors (Lipinski definition) is 1. The van der Waals surface area contributed by atoms with Crippen molar-refractivity contribution >= 4 is 16.7 Å². The van der Waals surface area contributed by atoms with Crippen LogP contribution in [0.3, 0.4) is 0 Å². The fraction of sp³-hybridized carbons (Fsp3) is 0.300. The molecule has 0 aliphatic carbocycles. The SMILES string of the molecule is COC(=O)Cc1ccc(C[SH](=O)=O)c(F)c1. The summed E-state index contributed by atoms with van der Waals surface area (Å²) in [4.78, 5) is 10.9. The maximum absolute atomic E-state index is 13.3. The molecular formula is C10H11FO4S. The second kappa shape index (κ2) is 5.60.